The largest absolute Gasteiger partial charge is 0.443 e. The van der Waals surface area contributed by atoms with E-state index in [1.54, 1.807) is 18.2 Å². The van der Waals surface area contributed by atoms with E-state index < -0.39 is 0 Å². The van der Waals surface area contributed by atoms with Crippen molar-refractivity contribution in [3.8, 4) is 0 Å². The molecule has 4 heteroatoms. The Kier molecular flexibility index (Phi) is 3.92. The number of carbonyl (C=O) groups is 1. The van der Waals surface area contributed by atoms with Crippen molar-refractivity contribution in [2.45, 2.75) is 26.2 Å². The van der Waals surface area contributed by atoms with Gasteiger partial charge in [-0.3, -0.25) is 4.79 Å². The molecule has 1 unspecified atom stereocenters. The number of nitrogens with one attached hydrogen (secondary N) is 1. The number of benzene rings is 2. The molecule has 0 aliphatic carbocycles. The lowest BCUT2D eigenvalue weighted by molar-refractivity contribution is 0.102. The minimum absolute atomic E-state index is 0.138. The third-order valence-corrected chi connectivity index (χ3v) is 3.94. The van der Waals surface area contributed by atoms with Crippen LogP contribution in [0.5, 0.6) is 0 Å². The lowest BCUT2D eigenvalue weighted by Gasteiger charge is -2.15. The van der Waals surface area contributed by atoms with E-state index in [0.717, 1.165) is 17.7 Å². The average Bonchev–Trinajstić information content (AvgIpc) is 3.02. The van der Waals surface area contributed by atoms with Crippen molar-refractivity contribution in [1.82, 2.24) is 4.98 Å². The molecule has 0 aliphatic rings. The molecule has 1 heterocycles. The summed E-state index contributed by atoms with van der Waals surface area (Å²) in [5.41, 5.74) is 3.95. The fourth-order valence-electron chi connectivity index (χ4n) is 2.45. The third-order valence-electron chi connectivity index (χ3n) is 3.94. The summed E-state index contributed by atoms with van der Waals surface area (Å²) in [5, 5.41) is 3.00. The third kappa shape index (κ3) is 2.72. The van der Waals surface area contributed by atoms with E-state index in [1.807, 2.05) is 18.2 Å². The van der Waals surface area contributed by atoms with Crippen molar-refractivity contribution >= 4 is 22.7 Å². The molecule has 2 aromatic carbocycles. The van der Waals surface area contributed by atoms with Gasteiger partial charge in [0.25, 0.3) is 5.91 Å². The number of rotatable bonds is 4. The molecule has 0 saturated carbocycles. The molecule has 0 radical (unpaired) electrons. The molecule has 0 fully saturated rings. The lowest BCUT2D eigenvalue weighted by atomic mass is 9.97. The molecule has 0 spiro atoms. The number of amides is 1. The zero-order valence-electron chi connectivity index (χ0n) is 12.7. The van der Waals surface area contributed by atoms with E-state index in [1.165, 1.54) is 6.39 Å². The van der Waals surface area contributed by atoms with Gasteiger partial charge in [-0.05, 0) is 42.2 Å². The Morgan fingerprint density at radius 2 is 2.09 bits per heavy atom. The molecule has 0 saturated heterocycles. The summed E-state index contributed by atoms with van der Waals surface area (Å²) in [4.78, 5) is 16.6. The Bertz CT molecular complexity index is 807. The van der Waals surface area contributed by atoms with Crippen LogP contribution in [0.4, 0.5) is 5.69 Å². The summed E-state index contributed by atoms with van der Waals surface area (Å²) < 4.78 is 5.19. The second kappa shape index (κ2) is 6.02. The quantitative estimate of drug-likeness (QED) is 0.765. The smallest absolute Gasteiger partial charge is 0.255 e. The van der Waals surface area contributed by atoms with Crippen LogP contribution >= 0.6 is 0 Å². The van der Waals surface area contributed by atoms with E-state index in [9.17, 15) is 4.79 Å². The highest BCUT2D eigenvalue weighted by molar-refractivity contribution is 6.06. The number of carbonyl (C=O) groups excluding carboxylic acids is 1. The molecule has 1 atom stereocenters. The highest BCUT2D eigenvalue weighted by atomic mass is 16.3. The first-order valence-corrected chi connectivity index (χ1v) is 7.42. The Morgan fingerprint density at radius 1 is 1.27 bits per heavy atom. The molecule has 0 aliphatic heterocycles. The van der Waals surface area contributed by atoms with Crippen LogP contribution in [0, 0.1) is 0 Å². The fraction of sp³-hybridized carbons (Fsp3) is 0.222. The van der Waals surface area contributed by atoms with Crippen molar-refractivity contribution in [1.29, 1.82) is 0 Å². The Morgan fingerprint density at radius 3 is 2.91 bits per heavy atom. The van der Waals surface area contributed by atoms with Crippen LogP contribution in [0.1, 0.15) is 42.1 Å². The highest BCUT2D eigenvalue weighted by Crippen LogP contribution is 2.27. The van der Waals surface area contributed by atoms with Crippen LogP contribution in [0.15, 0.2) is 53.3 Å². The molecule has 1 amide bonds. The molecule has 4 nitrogen and oxygen atoms in total. The van der Waals surface area contributed by atoms with Gasteiger partial charge < -0.3 is 9.73 Å². The van der Waals surface area contributed by atoms with Crippen molar-refractivity contribution in [2.75, 3.05) is 5.32 Å². The molecule has 22 heavy (non-hydrogen) atoms. The molecular formula is C18H18N2O2. The van der Waals surface area contributed by atoms with E-state index in [2.05, 4.69) is 30.2 Å². The highest BCUT2D eigenvalue weighted by Gasteiger charge is 2.13. The molecule has 1 N–H and O–H groups in total. The maximum atomic E-state index is 12.5. The number of nitrogens with zero attached hydrogens (tertiary/aromatic N) is 1. The Labute approximate surface area is 129 Å². The van der Waals surface area contributed by atoms with Crippen molar-refractivity contribution in [3.63, 3.8) is 0 Å². The first-order valence-electron chi connectivity index (χ1n) is 7.42. The minimum atomic E-state index is -0.138. The van der Waals surface area contributed by atoms with Gasteiger partial charge >= 0.3 is 0 Å². The predicted molar refractivity (Wildman–Crippen MR) is 87.1 cm³/mol. The van der Waals surface area contributed by atoms with Crippen LogP contribution in [-0.4, -0.2) is 10.9 Å². The summed E-state index contributed by atoms with van der Waals surface area (Å²) in [7, 11) is 0. The van der Waals surface area contributed by atoms with Gasteiger partial charge in [-0.1, -0.05) is 32.0 Å². The van der Waals surface area contributed by atoms with Crippen molar-refractivity contribution < 1.29 is 9.21 Å². The van der Waals surface area contributed by atoms with Crippen LogP contribution in [0.3, 0.4) is 0 Å². The van der Waals surface area contributed by atoms with E-state index in [0.29, 0.717) is 22.6 Å². The van der Waals surface area contributed by atoms with Gasteiger partial charge in [0.1, 0.15) is 5.52 Å². The van der Waals surface area contributed by atoms with Gasteiger partial charge in [0, 0.05) is 11.3 Å². The topological polar surface area (TPSA) is 55.1 Å². The number of oxazole rings is 1. The van der Waals surface area contributed by atoms with Gasteiger partial charge in [-0.15, -0.1) is 0 Å². The number of fused-ring (bicyclic) bond motifs is 1. The second-order valence-corrected chi connectivity index (χ2v) is 5.39. The van der Waals surface area contributed by atoms with Crippen molar-refractivity contribution in [2.24, 2.45) is 0 Å². The summed E-state index contributed by atoms with van der Waals surface area (Å²) in [6.45, 7) is 4.30. The first kappa shape index (κ1) is 14.3. The normalized spacial score (nSPS) is 12.3. The first-order chi connectivity index (χ1) is 10.7. The summed E-state index contributed by atoms with van der Waals surface area (Å²) >= 11 is 0. The number of hydrogen-bond acceptors (Lipinski definition) is 3. The average molecular weight is 294 g/mol. The molecule has 112 valence electrons. The van der Waals surface area contributed by atoms with E-state index >= 15 is 0 Å². The number of hydrogen-bond donors (Lipinski definition) is 1. The minimum Gasteiger partial charge on any atom is -0.443 e. The number of para-hydroxylation sites is 1. The molecule has 3 rings (SSSR count). The van der Waals surface area contributed by atoms with Crippen molar-refractivity contribution in [3.05, 3.63) is 60.0 Å². The van der Waals surface area contributed by atoms with Gasteiger partial charge in [-0.25, -0.2) is 4.98 Å². The fourth-order valence-corrected chi connectivity index (χ4v) is 2.45. The zero-order valence-corrected chi connectivity index (χ0v) is 12.7. The van der Waals surface area contributed by atoms with Gasteiger partial charge in [0.05, 0.1) is 0 Å². The van der Waals surface area contributed by atoms with Crippen LogP contribution < -0.4 is 5.32 Å². The summed E-state index contributed by atoms with van der Waals surface area (Å²) in [6.07, 6.45) is 2.41. The molecule has 3 aromatic rings. The maximum absolute atomic E-state index is 12.5. The van der Waals surface area contributed by atoms with Crippen LogP contribution in [0.25, 0.3) is 11.1 Å². The zero-order chi connectivity index (χ0) is 15.5. The van der Waals surface area contributed by atoms with Crippen LogP contribution in [0.2, 0.25) is 0 Å². The SMILES string of the molecule is CCC(C)c1ccccc1NC(=O)c1ccc2ocnc2c1. The Balaban J connectivity index is 1.88. The maximum Gasteiger partial charge on any atom is 0.255 e. The van der Waals surface area contributed by atoms with Gasteiger partial charge in [-0.2, -0.15) is 0 Å². The Hall–Kier alpha value is -2.62. The molecule has 1 aromatic heterocycles. The monoisotopic (exact) mass is 294 g/mol. The predicted octanol–water partition coefficient (Wildman–Crippen LogP) is 4.59. The van der Waals surface area contributed by atoms with Gasteiger partial charge in [0.15, 0.2) is 12.0 Å². The number of anilines is 1. The summed E-state index contributed by atoms with van der Waals surface area (Å²) in [5.74, 6) is 0.259. The summed E-state index contributed by atoms with van der Waals surface area (Å²) in [6, 6.07) is 13.2. The number of aromatic nitrogens is 1. The molecule has 0 bridgehead atoms. The van der Waals surface area contributed by atoms with E-state index in [4.69, 9.17) is 4.42 Å². The van der Waals surface area contributed by atoms with Gasteiger partial charge in [0.2, 0.25) is 0 Å². The van der Waals surface area contributed by atoms with Crippen LogP contribution in [-0.2, 0) is 0 Å². The van der Waals surface area contributed by atoms with E-state index in [-0.39, 0.29) is 5.91 Å². The lowest BCUT2D eigenvalue weighted by Crippen LogP contribution is -2.13. The molecular weight excluding hydrogens is 276 g/mol. The second-order valence-electron chi connectivity index (χ2n) is 5.39. The standard InChI is InChI=1S/C18H18N2O2/c1-3-12(2)14-6-4-5-7-15(14)20-18(21)13-8-9-17-16(10-13)19-11-22-17/h4-12H,3H2,1-2H3,(H,20,21).